The summed E-state index contributed by atoms with van der Waals surface area (Å²) in [5.41, 5.74) is 14.6. The summed E-state index contributed by atoms with van der Waals surface area (Å²) in [5, 5.41) is 8.17. The van der Waals surface area contributed by atoms with E-state index in [4.69, 9.17) is 0 Å². The Labute approximate surface area is 246 Å². The minimum absolute atomic E-state index is 0.153. The number of fused-ring (bicyclic) bond motifs is 3. The van der Waals surface area contributed by atoms with Crippen LogP contribution in [0.15, 0.2) is 134 Å². The second kappa shape index (κ2) is 8.78. The predicted octanol–water partition coefficient (Wildman–Crippen LogP) is 10.7. The second-order valence-corrected chi connectivity index (χ2v) is 12.1. The van der Waals surface area contributed by atoms with Crippen LogP contribution in [0.5, 0.6) is 0 Å². The highest BCUT2D eigenvalue weighted by Gasteiger charge is 2.31. The molecule has 0 amide bonds. The number of rotatable bonds is 2. The lowest BCUT2D eigenvalue weighted by atomic mass is 9.71. The molecule has 0 heteroatoms. The first kappa shape index (κ1) is 23.7. The molecule has 0 fully saturated rings. The van der Waals surface area contributed by atoms with Crippen LogP contribution >= 0.6 is 0 Å². The zero-order valence-corrected chi connectivity index (χ0v) is 23.7. The molecule has 0 spiro atoms. The Morgan fingerprint density at radius 3 is 2.38 bits per heavy atom. The van der Waals surface area contributed by atoms with Crippen molar-refractivity contribution in [3.05, 3.63) is 172 Å². The van der Waals surface area contributed by atoms with Crippen LogP contribution in [0.3, 0.4) is 0 Å². The number of allylic oxidation sites excluding steroid dienone is 6. The molecule has 6 aromatic carbocycles. The maximum atomic E-state index is 4.63. The van der Waals surface area contributed by atoms with E-state index < -0.39 is 0 Å². The molecule has 6 aromatic rings. The molecule has 9 rings (SSSR count). The van der Waals surface area contributed by atoms with Crippen LogP contribution in [0.1, 0.15) is 38.9 Å². The first-order valence-corrected chi connectivity index (χ1v) is 15.0. The quantitative estimate of drug-likeness (QED) is 0.194. The van der Waals surface area contributed by atoms with Crippen molar-refractivity contribution in [1.29, 1.82) is 0 Å². The van der Waals surface area contributed by atoms with Gasteiger partial charge >= 0.3 is 0 Å². The predicted molar refractivity (Wildman–Crippen MR) is 180 cm³/mol. The Kier molecular flexibility index (Phi) is 4.96. The third-order valence-corrected chi connectivity index (χ3v) is 9.88. The van der Waals surface area contributed by atoms with E-state index in [0.29, 0.717) is 0 Å². The van der Waals surface area contributed by atoms with E-state index in [1.165, 1.54) is 93.6 Å². The molecular formula is C42H30. The van der Waals surface area contributed by atoms with Gasteiger partial charge in [-0.15, -0.1) is 0 Å². The molecule has 42 heavy (non-hydrogen) atoms. The van der Waals surface area contributed by atoms with Crippen LogP contribution < -0.4 is 0 Å². The molecular weight excluding hydrogens is 504 g/mol. The monoisotopic (exact) mass is 534 g/mol. The molecule has 0 aliphatic heterocycles. The van der Waals surface area contributed by atoms with Crippen molar-refractivity contribution in [3.8, 4) is 0 Å². The molecule has 0 saturated heterocycles. The molecule has 0 bridgehead atoms. The van der Waals surface area contributed by atoms with Crippen molar-refractivity contribution < 1.29 is 0 Å². The van der Waals surface area contributed by atoms with Gasteiger partial charge in [-0.2, -0.15) is 0 Å². The summed E-state index contributed by atoms with van der Waals surface area (Å²) < 4.78 is 0. The van der Waals surface area contributed by atoms with E-state index in [0.717, 1.165) is 12.8 Å². The largest absolute Gasteiger partial charge is 0.0943 e. The van der Waals surface area contributed by atoms with E-state index >= 15 is 0 Å². The first-order chi connectivity index (χ1) is 20.7. The highest BCUT2D eigenvalue weighted by molar-refractivity contribution is 6.16. The van der Waals surface area contributed by atoms with Crippen LogP contribution in [0, 0.1) is 12.8 Å². The molecule has 0 nitrogen and oxygen atoms in total. The Balaban J connectivity index is 1.34. The van der Waals surface area contributed by atoms with Crippen LogP contribution in [0.2, 0.25) is 0 Å². The molecule has 0 aromatic heterocycles. The van der Waals surface area contributed by atoms with Gasteiger partial charge in [-0.05, 0) is 132 Å². The summed E-state index contributed by atoms with van der Waals surface area (Å²) in [4.78, 5) is 0. The Hall–Kier alpha value is -4.94. The molecule has 1 atom stereocenters. The smallest absolute Gasteiger partial charge is 0.0279 e. The summed E-state index contributed by atoms with van der Waals surface area (Å²) in [6, 6.07) is 38.4. The van der Waals surface area contributed by atoms with Gasteiger partial charge in [0.15, 0.2) is 0 Å². The van der Waals surface area contributed by atoms with Gasteiger partial charge in [0.05, 0.1) is 0 Å². The normalized spacial score (nSPS) is 17.2. The lowest BCUT2D eigenvalue weighted by Crippen LogP contribution is -2.15. The van der Waals surface area contributed by atoms with Crippen molar-refractivity contribution in [1.82, 2.24) is 0 Å². The van der Waals surface area contributed by atoms with Crippen LogP contribution in [-0.4, -0.2) is 0 Å². The number of aryl methyl sites for hydroxylation is 3. The van der Waals surface area contributed by atoms with Crippen molar-refractivity contribution in [2.75, 3.05) is 0 Å². The highest BCUT2D eigenvalue weighted by Crippen LogP contribution is 2.49. The maximum Gasteiger partial charge on any atom is 0.0279 e. The Morgan fingerprint density at radius 2 is 1.48 bits per heavy atom. The molecule has 3 aliphatic carbocycles. The molecule has 0 heterocycles. The van der Waals surface area contributed by atoms with Crippen molar-refractivity contribution in [2.24, 2.45) is 5.92 Å². The molecule has 198 valence electrons. The van der Waals surface area contributed by atoms with Gasteiger partial charge in [0.1, 0.15) is 0 Å². The molecule has 0 unspecified atom stereocenters. The number of hydrogen-bond acceptors (Lipinski definition) is 0. The standard InChI is InChI=1S/C42H30/c1-25-14-15-32-24-38(37-13-7-10-28-18-20-33(25)42(32)41(28)37)30-19-21-35-26(2)34-11-5-6-12-36(34)40(39(35)23-30)31-17-16-27-8-3-4-9-29(27)22-31/h3-17,19,21-24,35H,2,18,20H2,1H3/t35-/m1/s1. The average molecular weight is 535 g/mol. The first-order valence-electron chi connectivity index (χ1n) is 15.0. The third kappa shape index (κ3) is 3.30. The van der Waals surface area contributed by atoms with Crippen LogP contribution in [0.25, 0.3) is 49.0 Å². The fourth-order valence-corrected chi connectivity index (χ4v) is 7.85. The summed E-state index contributed by atoms with van der Waals surface area (Å²) in [5.74, 6) is 0.153. The summed E-state index contributed by atoms with van der Waals surface area (Å²) in [6.07, 6.45) is 9.43. The highest BCUT2D eigenvalue weighted by atomic mass is 14.3. The van der Waals surface area contributed by atoms with E-state index in [1.807, 2.05) is 0 Å². The van der Waals surface area contributed by atoms with E-state index in [1.54, 1.807) is 0 Å². The summed E-state index contributed by atoms with van der Waals surface area (Å²) in [6.45, 7) is 6.90. The third-order valence-electron chi connectivity index (χ3n) is 9.88. The van der Waals surface area contributed by atoms with E-state index in [2.05, 4.69) is 135 Å². The van der Waals surface area contributed by atoms with Crippen molar-refractivity contribution in [3.63, 3.8) is 0 Å². The zero-order chi connectivity index (χ0) is 27.9. The van der Waals surface area contributed by atoms with E-state index in [9.17, 15) is 0 Å². The van der Waals surface area contributed by atoms with Crippen LogP contribution in [-0.2, 0) is 12.8 Å². The number of benzene rings is 6. The summed E-state index contributed by atoms with van der Waals surface area (Å²) >= 11 is 0. The lowest BCUT2D eigenvalue weighted by molar-refractivity contribution is 0.957. The minimum Gasteiger partial charge on any atom is -0.0943 e. The lowest BCUT2D eigenvalue weighted by Gasteiger charge is -2.33. The fourth-order valence-electron chi connectivity index (χ4n) is 7.85. The van der Waals surface area contributed by atoms with E-state index in [-0.39, 0.29) is 5.92 Å². The van der Waals surface area contributed by atoms with Gasteiger partial charge in [-0.25, -0.2) is 0 Å². The SMILES string of the molecule is C=C1c2ccccc2C(c2ccc3ccccc3c2)=C2C=C(c3cc4ccc(C)c5c4c4c(cccc34)CC5)C=C[C@H]12. The summed E-state index contributed by atoms with van der Waals surface area (Å²) in [7, 11) is 0. The minimum atomic E-state index is 0.153. The van der Waals surface area contributed by atoms with Crippen LogP contribution in [0.4, 0.5) is 0 Å². The average Bonchev–Trinajstić information content (AvgIpc) is 3.04. The number of hydrogen-bond donors (Lipinski definition) is 0. The topological polar surface area (TPSA) is 0 Å². The van der Waals surface area contributed by atoms with Crippen molar-refractivity contribution in [2.45, 2.75) is 19.8 Å². The zero-order valence-electron chi connectivity index (χ0n) is 23.7. The Morgan fingerprint density at radius 1 is 0.667 bits per heavy atom. The van der Waals surface area contributed by atoms with Gasteiger partial charge in [0.2, 0.25) is 0 Å². The molecule has 0 saturated carbocycles. The molecule has 0 radical (unpaired) electrons. The van der Waals surface area contributed by atoms with Gasteiger partial charge in [-0.3, -0.25) is 0 Å². The molecule has 3 aliphatic rings. The Bertz CT molecular complexity index is 2270. The fraction of sp³-hybridized carbons (Fsp3) is 0.0952. The van der Waals surface area contributed by atoms with Crippen molar-refractivity contribution >= 4 is 49.0 Å². The maximum absolute atomic E-state index is 4.63. The van der Waals surface area contributed by atoms with Gasteiger partial charge in [-0.1, -0.05) is 110 Å². The van der Waals surface area contributed by atoms with Gasteiger partial charge in [0.25, 0.3) is 0 Å². The second-order valence-electron chi connectivity index (χ2n) is 12.1. The molecule has 0 N–H and O–H groups in total. The van der Waals surface area contributed by atoms with Gasteiger partial charge in [0, 0.05) is 5.92 Å². The van der Waals surface area contributed by atoms with Gasteiger partial charge < -0.3 is 0 Å².